The third-order valence-electron chi connectivity index (χ3n) is 6.18. The first-order valence-electron chi connectivity index (χ1n) is 15.1. The van der Waals surface area contributed by atoms with Crippen LogP contribution in [-0.2, 0) is 31.6 Å². The van der Waals surface area contributed by atoms with Crippen LogP contribution in [0.4, 0.5) is 39.5 Å². The van der Waals surface area contributed by atoms with E-state index in [0.29, 0.717) is 36.7 Å². The number of H-pyrrole nitrogens is 2. The number of halogens is 12. The van der Waals surface area contributed by atoms with Crippen LogP contribution in [0.15, 0.2) is 45.6 Å². The van der Waals surface area contributed by atoms with Crippen molar-refractivity contribution < 1.29 is 39.5 Å². The second kappa shape index (κ2) is 25.8. The van der Waals surface area contributed by atoms with E-state index in [4.69, 9.17) is 0 Å². The zero-order valence-electron chi connectivity index (χ0n) is 28.7. The third kappa shape index (κ3) is 19.2. The number of fused-ring (bicyclic) bond motifs is 2. The molecule has 55 heavy (non-hydrogen) atoms. The standard InChI is InChI=1S/C7H4BrF3N2OS.C7H5F3N2OS.C6H15N.C5H3F3N2OS.C2H4Br2.BHNS/c8-3-4(7(9,10)11)12-6-13(5(3)14)1-2-15-6;8-7(9,10)4-3-5(13)12-1-2-14-6(12)11-4;1-4-7(5-2)6-3;6-5(7,8)2-1-3(11)10-4(12)9-2;3-1-2-4;1-2-3/h1-2H2;3H,1-2H2;4-6H2,1-3H3;1H,(H2,9,10,11,12);1-2H2;3H. The number of thioether (sulfide) groups is 2. The molecule has 0 spiro atoms. The number of nitrogens with one attached hydrogen (secondary N) is 2. The molecule has 0 saturated carbocycles. The van der Waals surface area contributed by atoms with Crippen molar-refractivity contribution in [1.82, 2.24) is 34.0 Å². The molecule has 0 fully saturated rings. The fourth-order valence-corrected chi connectivity index (χ4v) is 6.34. The molecule has 0 saturated heterocycles. The Bertz CT molecular complexity index is 1860. The van der Waals surface area contributed by atoms with Crippen LogP contribution in [0, 0.1) is 4.77 Å². The van der Waals surface area contributed by atoms with Crippen molar-refractivity contribution in [2.45, 2.75) is 62.7 Å². The monoisotopic (exact) mass is 1060 g/mol. The SMILES string of the molecule is BrCCBr.CCN(CC)CC.O=c1c(Br)c(C(F)(F)F)nc2n1CCS2.O=c1cc(C(F)(F)F)[nH]c(=S)[nH]1.O=c1cc(C(F)(F)F)nc2n1CCS2.[B]=NS. The van der Waals surface area contributed by atoms with Gasteiger partial charge in [0.25, 0.3) is 16.7 Å². The predicted molar refractivity (Wildman–Crippen MR) is 212 cm³/mol. The van der Waals surface area contributed by atoms with Gasteiger partial charge in [0.2, 0.25) is 0 Å². The molecule has 309 valence electrons. The number of hydrogen-bond acceptors (Lipinski definition) is 11. The van der Waals surface area contributed by atoms with Gasteiger partial charge in [-0.2, -0.15) is 39.5 Å². The predicted octanol–water partition coefficient (Wildman–Crippen LogP) is 8.26. The quantitative estimate of drug-likeness (QED) is 0.0590. The number of thiol groups is 1. The molecule has 2 N–H and O–H groups in total. The van der Waals surface area contributed by atoms with E-state index in [0.717, 1.165) is 34.2 Å². The van der Waals surface area contributed by atoms with Gasteiger partial charge in [0.1, 0.15) is 10.2 Å². The average Bonchev–Trinajstić information content (AvgIpc) is 3.78. The Hall–Kier alpha value is -1.46. The van der Waals surface area contributed by atoms with Crippen molar-refractivity contribution in [1.29, 1.82) is 0 Å². The van der Waals surface area contributed by atoms with Crippen LogP contribution < -0.4 is 16.7 Å². The molecule has 0 aromatic carbocycles. The molecule has 5 heterocycles. The average molecular weight is 1070 g/mol. The Kier molecular flexibility index (Phi) is 25.1. The molecule has 0 aliphatic carbocycles. The van der Waals surface area contributed by atoms with Gasteiger partial charge in [-0.05, 0) is 47.8 Å². The molecule has 3 aromatic rings. The Labute approximate surface area is 353 Å². The van der Waals surface area contributed by atoms with Gasteiger partial charge >= 0.3 is 43.3 Å². The molecule has 0 atom stereocenters. The first-order chi connectivity index (χ1) is 25.5. The van der Waals surface area contributed by atoms with Crippen molar-refractivity contribution in [3.63, 3.8) is 0 Å². The third-order valence-corrected chi connectivity index (χ3v) is 10.9. The Morgan fingerprint density at radius 3 is 1.71 bits per heavy atom. The van der Waals surface area contributed by atoms with Crippen LogP contribution in [0.1, 0.15) is 37.9 Å². The Morgan fingerprint density at radius 2 is 1.33 bits per heavy atom. The van der Waals surface area contributed by atoms with E-state index in [9.17, 15) is 53.9 Å². The van der Waals surface area contributed by atoms with Gasteiger partial charge in [-0.25, -0.2) is 9.97 Å². The van der Waals surface area contributed by atoms with Gasteiger partial charge in [0.05, 0.1) is 0 Å². The Morgan fingerprint density at radius 1 is 0.855 bits per heavy atom. The summed E-state index contributed by atoms with van der Waals surface area (Å²) in [7, 11) is 4.34. The van der Waals surface area contributed by atoms with Crippen molar-refractivity contribution in [2.75, 3.05) is 41.8 Å². The van der Waals surface area contributed by atoms with Crippen LogP contribution in [0.25, 0.3) is 0 Å². The molecular formula is C27H32BBr3F9N8O3S4. The maximum absolute atomic E-state index is 12.4. The minimum absolute atomic E-state index is 0.135. The minimum atomic E-state index is -4.60. The number of rotatable bonds is 4. The maximum atomic E-state index is 12.4. The van der Waals surface area contributed by atoms with E-state index >= 15 is 0 Å². The zero-order chi connectivity index (χ0) is 42.7. The first kappa shape index (κ1) is 53.5. The van der Waals surface area contributed by atoms with Crippen molar-refractivity contribution in [3.8, 4) is 0 Å². The van der Waals surface area contributed by atoms with E-state index in [1.807, 2.05) is 9.97 Å². The molecule has 0 amide bonds. The van der Waals surface area contributed by atoms with Crippen LogP contribution in [0.2, 0.25) is 0 Å². The van der Waals surface area contributed by atoms with Gasteiger partial charge in [0, 0.05) is 47.4 Å². The molecule has 5 rings (SSSR count). The van der Waals surface area contributed by atoms with Crippen molar-refractivity contribution in [3.05, 3.63) is 69.5 Å². The van der Waals surface area contributed by atoms with Crippen LogP contribution in [0.5, 0.6) is 0 Å². The first-order valence-corrected chi connectivity index (χ1v) is 20.9. The summed E-state index contributed by atoms with van der Waals surface area (Å²) in [6.45, 7) is 11.0. The van der Waals surface area contributed by atoms with E-state index in [1.165, 1.54) is 28.8 Å². The fourth-order valence-electron chi connectivity index (χ4n) is 3.70. The summed E-state index contributed by atoms with van der Waals surface area (Å²) in [4.78, 5) is 46.2. The molecule has 2 aliphatic heterocycles. The molecule has 28 heteroatoms. The van der Waals surface area contributed by atoms with Crippen LogP contribution in [0.3, 0.4) is 0 Å². The molecular weight excluding hydrogens is 1030 g/mol. The topological polar surface area (TPSA) is 134 Å². The van der Waals surface area contributed by atoms with Gasteiger partial charge in [-0.1, -0.05) is 76.2 Å². The Balaban J connectivity index is 0.000000684. The summed E-state index contributed by atoms with van der Waals surface area (Å²) in [5.74, 6) is 1.18. The summed E-state index contributed by atoms with van der Waals surface area (Å²) in [5.41, 5.74) is -5.57. The van der Waals surface area contributed by atoms with Gasteiger partial charge in [-0.15, -0.1) is 0 Å². The summed E-state index contributed by atoms with van der Waals surface area (Å²) >= 11 is 18.9. The van der Waals surface area contributed by atoms with Gasteiger partial charge in [0.15, 0.2) is 26.5 Å². The molecule has 11 nitrogen and oxygen atoms in total. The summed E-state index contributed by atoms with van der Waals surface area (Å²) in [6, 6.07) is 0.950. The number of nitrogens with zero attached hydrogens (tertiary/aromatic N) is 6. The van der Waals surface area contributed by atoms with Crippen LogP contribution in [-0.4, -0.2) is 83.4 Å². The van der Waals surface area contributed by atoms with E-state index < -0.39 is 56.8 Å². The zero-order valence-corrected chi connectivity index (χ0v) is 36.8. The number of hydrogen-bond donors (Lipinski definition) is 3. The normalized spacial score (nSPS) is 12.8. The van der Waals surface area contributed by atoms with Gasteiger partial charge < -0.3 is 9.88 Å². The number of alkyl halides is 11. The van der Waals surface area contributed by atoms with E-state index in [-0.39, 0.29) is 15.1 Å². The fraction of sp³-hybridized carbons (Fsp3) is 0.556. The summed E-state index contributed by atoms with van der Waals surface area (Å²) < 4.78 is 114. The summed E-state index contributed by atoms with van der Waals surface area (Å²) in [6.07, 6.45) is -13.7. The number of aromatic amines is 2. The van der Waals surface area contributed by atoms with Crippen molar-refractivity contribution in [2.24, 2.45) is 4.30 Å². The molecule has 0 bridgehead atoms. The second-order valence-corrected chi connectivity index (χ2v) is 14.9. The molecule has 0 unspecified atom stereocenters. The number of aromatic nitrogens is 6. The van der Waals surface area contributed by atoms with Gasteiger partial charge in [-0.3, -0.25) is 28.5 Å². The van der Waals surface area contributed by atoms with Crippen LogP contribution >= 0.6 is 96.3 Å². The van der Waals surface area contributed by atoms with E-state index in [1.54, 1.807) is 0 Å². The summed E-state index contributed by atoms with van der Waals surface area (Å²) in [5, 5.41) is 2.39. The van der Waals surface area contributed by atoms with Crippen molar-refractivity contribution >= 4 is 104 Å². The molecule has 1 radical (unpaired) electrons. The van der Waals surface area contributed by atoms with E-state index in [2.05, 4.69) is 120 Å². The molecule has 2 aliphatic rings. The second-order valence-electron chi connectivity index (χ2n) is 9.73. The molecule has 3 aromatic heterocycles.